The Kier molecular flexibility index (Phi) is 2.61. The van der Waals surface area contributed by atoms with Crippen LogP contribution in [0.5, 0.6) is 0 Å². The van der Waals surface area contributed by atoms with Crippen LogP contribution < -0.4 is 18.1 Å². The van der Waals surface area contributed by atoms with Crippen LogP contribution in [-0.2, 0) is 14.3 Å². The number of rotatable bonds is 0. The number of hydrogen-bond donors (Lipinski definition) is 1. The molecule has 0 radical (unpaired) electrons. The van der Waals surface area contributed by atoms with E-state index in [2.05, 4.69) is 10.5 Å². The summed E-state index contributed by atoms with van der Waals surface area (Å²) in [5.74, 6) is -0.968. The van der Waals surface area contributed by atoms with Crippen LogP contribution in [0.4, 0.5) is 0 Å². The number of carbonyl (C=O) groups excluding carboxylic acids is 2. The highest BCUT2D eigenvalue weighted by Gasteiger charge is 2.33. The minimum absolute atomic E-state index is 0. The van der Waals surface area contributed by atoms with Crippen molar-refractivity contribution < 1.29 is 32.5 Å². The summed E-state index contributed by atoms with van der Waals surface area (Å²) < 4.78 is 4.13. The maximum Gasteiger partial charge on any atom is 0.373 e. The Balaban J connectivity index is 0.000000640. The Morgan fingerprint density at radius 3 is 2.22 bits per heavy atom. The Bertz CT molecular complexity index is 147. The van der Waals surface area contributed by atoms with Gasteiger partial charge in [0.25, 0.3) is 0 Å². The van der Waals surface area contributed by atoms with E-state index in [-0.39, 0.29) is 18.8 Å². The smallest absolute Gasteiger partial charge is 0.373 e. The summed E-state index contributed by atoms with van der Waals surface area (Å²) >= 11 is 0. The van der Waals surface area contributed by atoms with Gasteiger partial charge in [-0.3, -0.25) is 4.79 Å². The van der Waals surface area contributed by atoms with E-state index in [1.807, 2.05) is 0 Å². The van der Waals surface area contributed by atoms with Gasteiger partial charge in [0.05, 0.1) is 0 Å². The first kappa shape index (κ1) is 8.39. The molecule has 1 fully saturated rings. The molecule has 1 heterocycles. The van der Waals surface area contributed by atoms with Gasteiger partial charge >= 0.3 is 11.9 Å². The quantitative estimate of drug-likeness (QED) is 0.279. The molecule has 0 aromatic carbocycles. The molecule has 0 aliphatic carbocycles. The number of hydrogen-bond acceptors (Lipinski definition) is 3. The first-order valence-electron chi connectivity index (χ1n) is 2.28. The average Bonchev–Trinajstić information content (AvgIpc) is 1.85. The molecular weight excluding hydrogens is 146 g/mol. The van der Waals surface area contributed by atoms with E-state index in [1.54, 1.807) is 0 Å². The SMILES string of the molecule is [Cl-].[NH3+]C1CC(=O)OC1=O. The summed E-state index contributed by atoms with van der Waals surface area (Å²) in [5.41, 5.74) is 3.37. The van der Waals surface area contributed by atoms with Crippen molar-refractivity contribution in [2.75, 3.05) is 0 Å². The molecule has 1 saturated heterocycles. The van der Waals surface area contributed by atoms with Gasteiger partial charge in [-0.2, -0.15) is 0 Å². The summed E-state index contributed by atoms with van der Waals surface area (Å²) in [4.78, 5) is 20.5. The first-order valence-corrected chi connectivity index (χ1v) is 2.28. The van der Waals surface area contributed by atoms with Crippen molar-refractivity contribution >= 4 is 11.9 Å². The molecule has 0 bridgehead atoms. The van der Waals surface area contributed by atoms with Crippen molar-refractivity contribution in [2.24, 2.45) is 0 Å². The van der Waals surface area contributed by atoms with Crippen LogP contribution in [0.1, 0.15) is 6.42 Å². The van der Waals surface area contributed by atoms with E-state index >= 15 is 0 Å². The highest BCUT2D eigenvalue weighted by molar-refractivity contribution is 5.95. The van der Waals surface area contributed by atoms with Gasteiger partial charge in [-0.1, -0.05) is 0 Å². The molecule has 9 heavy (non-hydrogen) atoms. The predicted octanol–water partition coefficient (Wildman–Crippen LogP) is -4.93. The molecule has 1 rings (SSSR count). The highest BCUT2D eigenvalue weighted by Crippen LogP contribution is 2.01. The summed E-state index contributed by atoms with van der Waals surface area (Å²) in [5, 5.41) is 0. The van der Waals surface area contributed by atoms with Gasteiger partial charge in [-0.15, -0.1) is 0 Å². The monoisotopic (exact) mass is 151 g/mol. The predicted molar refractivity (Wildman–Crippen MR) is 22.4 cm³/mol. The molecule has 1 atom stereocenters. The number of carbonyl (C=O) groups is 2. The molecular formula is C4H6ClNO3. The van der Waals surface area contributed by atoms with Crippen LogP contribution >= 0.6 is 0 Å². The summed E-state index contributed by atoms with van der Waals surface area (Å²) in [6, 6.07) is -0.470. The molecule has 1 aliphatic rings. The van der Waals surface area contributed by atoms with Crippen molar-refractivity contribution in [1.82, 2.24) is 0 Å². The Labute approximate surface area is 57.8 Å². The molecule has 0 aromatic rings. The first-order chi connectivity index (χ1) is 3.70. The maximum atomic E-state index is 10.3. The van der Waals surface area contributed by atoms with E-state index in [4.69, 9.17) is 0 Å². The summed E-state index contributed by atoms with van der Waals surface area (Å²) in [6.07, 6.45) is 0.138. The van der Waals surface area contributed by atoms with Crippen molar-refractivity contribution in [2.45, 2.75) is 12.5 Å². The fraction of sp³-hybridized carbons (Fsp3) is 0.500. The van der Waals surface area contributed by atoms with Crippen LogP contribution in [0.25, 0.3) is 0 Å². The number of halogens is 1. The third kappa shape index (κ3) is 1.65. The molecule has 0 aromatic heterocycles. The second-order valence-electron chi connectivity index (χ2n) is 1.69. The lowest BCUT2D eigenvalue weighted by Gasteiger charge is -1.84. The molecule has 0 amide bonds. The molecule has 52 valence electrons. The van der Waals surface area contributed by atoms with Gasteiger partial charge in [0.15, 0.2) is 6.04 Å². The Morgan fingerprint density at radius 1 is 1.56 bits per heavy atom. The fourth-order valence-electron chi connectivity index (χ4n) is 0.522. The third-order valence-electron chi connectivity index (χ3n) is 0.961. The third-order valence-corrected chi connectivity index (χ3v) is 0.961. The van der Waals surface area contributed by atoms with Crippen LogP contribution in [0, 0.1) is 0 Å². The van der Waals surface area contributed by atoms with Crippen molar-refractivity contribution in [3.05, 3.63) is 0 Å². The molecule has 5 heteroatoms. The zero-order valence-electron chi connectivity index (χ0n) is 4.59. The number of ether oxygens (including phenoxy) is 1. The maximum absolute atomic E-state index is 10.3. The zero-order valence-corrected chi connectivity index (χ0v) is 5.35. The molecule has 0 spiro atoms. The average molecular weight is 152 g/mol. The molecule has 3 N–H and O–H groups in total. The molecule has 1 unspecified atom stereocenters. The lowest BCUT2D eigenvalue weighted by molar-refractivity contribution is -0.401. The van der Waals surface area contributed by atoms with E-state index in [1.165, 1.54) is 0 Å². The standard InChI is InChI=1S/C4H5NO3.ClH/c5-2-1-3(6)8-4(2)7;/h2H,1,5H2;1H. The van der Waals surface area contributed by atoms with Gasteiger partial charge in [0.2, 0.25) is 0 Å². The Hall–Kier alpha value is -0.610. The minimum atomic E-state index is -0.505. The fourth-order valence-corrected chi connectivity index (χ4v) is 0.522. The van der Waals surface area contributed by atoms with Crippen LogP contribution in [0.15, 0.2) is 0 Å². The zero-order chi connectivity index (χ0) is 6.15. The number of cyclic esters (lactones) is 2. The van der Waals surface area contributed by atoms with Crippen molar-refractivity contribution in [1.29, 1.82) is 0 Å². The lowest BCUT2D eigenvalue weighted by atomic mass is 10.3. The second-order valence-corrected chi connectivity index (χ2v) is 1.69. The summed E-state index contributed by atoms with van der Waals surface area (Å²) in [7, 11) is 0. The van der Waals surface area contributed by atoms with Crippen LogP contribution in [0.2, 0.25) is 0 Å². The Morgan fingerprint density at radius 2 is 2.11 bits per heavy atom. The van der Waals surface area contributed by atoms with E-state index in [0.29, 0.717) is 0 Å². The molecule has 0 saturated carbocycles. The number of quaternary nitrogens is 1. The van der Waals surface area contributed by atoms with Crippen LogP contribution in [-0.4, -0.2) is 18.0 Å². The van der Waals surface area contributed by atoms with Gasteiger partial charge in [-0.05, 0) is 0 Å². The topological polar surface area (TPSA) is 71.0 Å². The molecule has 1 aliphatic heterocycles. The molecule has 4 nitrogen and oxygen atoms in total. The van der Waals surface area contributed by atoms with Gasteiger partial charge in [0, 0.05) is 0 Å². The van der Waals surface area contributed by atoms with Gasteiger partial charge < -0.3 is 22.9 Å². The number of esters is 2. The normalized spacial score (nSPS) is 25.2. The van der Waals surface area contributed by atoms with Crippen molar-refractivity contribution in [3.63, 3.8) is 0 Å². The highest BCUT2D eigenvalue weighted by atomic mass is 35.5. The van der Waals surface area contributed by atoms with Gasteiger partial charge in [0.1, 0.15) is 6.42 Å². The van der Waals surface area contributed by atoms with E-state index in [9.17, 15) is 9.59 Å². The minimum Gasteiger partial charge on any atom is -1.00 e. The van der Waals surface area contributed by atoms with E-state index < -0.39 is 18.0 Å². The largest absolute Gasteiger partial charge is 1.00 e. The van der Waals surface area contributed by atoms with Crippen molar-refractivity contribution in [3.8, 4) is 0 Å². The van der Waals surface area contributed by atoms with E-state index in [0.717, 1.165) is 0 Å². The second kappa shape index (κ2) is 2.80. The van der Waals surface area contributed by atoms with Gasteiger partial charge in [-0.25, -0.2) is 4.79 Å². The lowest BCUT2D eigenvalue weighted by Crippen LogP contribution is -3.00. The summed E-state index contributed by atoms with van der Waals surface area (Å²) in [6.45, 7) is 0. The van der Waals surface area contributed by atoms with Crippen LogP contribution in [0.3, 0.4) is 0 Å².